The van der Waals surface area contributed by atoms with Crippen molar-refractivity contribution in [2.24, 2.45) is 5.73 Å². The molecule has 1 fully saturated rings. The van der Waals surface area contributed by atoms with Crippen LogP contribution < -0.4 is 5.73 Å². The first kappa shape index (κ1) is 24.4. The molecule has 1 aliphatic carbocycles. The summed E-state index contributed by atoms with van der Waals surface area (Å²) in [5, 5.41) is 1.55. The quantitative estimate of drug-likeness (QED) is 0.322. The predicted octanol–water partition coefficient (Wildman–Crippen LogP) is 7.17. The number of benzene rings is 2. The lowest BCUT2D eigenvalue weighted by Crippen LogP contribution is -2.40. The van der Waals surface area contributed by atoms with E-state index in [0.29, 0.717) is 16.4 Å². The van der Waals surface area contributed by atoms with Crippen molar-refractivity contribution in [1.82, 2.24) is 9.88 Å². The van der Waals surface area contributed by atoms with E-state index in [1.54, 1.807) is 0 Å². The van der Waals surface area contributed by atoms with E-state index >= 15 is 0 Å². The summed E-state index contributed by atoms with van der Waals surface area (Å²) < 4.78 is 1.06. The van der Waals surface area contributed by atoms with Crippen LogP contribution in [0.1, 0.15) is 47.3 Å². The molecule has 34 heavy (non-hydrogen) atoms. The Morgan fingerprint density at radius 2 is 1.74 bits per heavy atom. The monoisotopic (exact) mass is 491 g/mol. The lowest BCUT2D eigenvalue weighted by atomic mass is 9.93. The molecule has 1 aliphatic rings. The summed E-state index contributed by atoms with van der Waals surface area (Å²) in [4.78, 5) is 20.7. The smallest absolute Gasteiger partial charge is 0.266 e. The second kappa shape index (κ2) is 11.6. The zero-order valence-electron chi connectivity index (χ0n) is 19.4. The van der Waals surface area contributed by atoms with Gasteiger partial charge in [-0.25, -0.2) is 0 Å². The Morgan fingerprint density at radius 3 is 2.47 bits per heavy atom. The molecular formula is C28H30ClN3OS. The van der Waals surface area contributed by atoms with Crippen LogP contribution in [0.3, 0.4) is 0 Å². The fraction of sp³-hybridized carbons (Fsp3) is 0.286. The summed E-state index contributed by atoms with van der Waals surface area (Å²) >= 11 is 8.21. The van der Waals surface area contributed by atoms with Crippen molar-refractivity contribution in [3.63, 3.8) is 0 Å². The second-order valence-electron chi connectivity index (χ2n) is 8.40. The number of hydrogen-bond acceptors (Lipinski definition) is 4. The van der Waals surface area contributed by atoms with Gasteiger partial charge in [-0.3, -0.25) is 9.78 Å². The van der Waals surface area contributed by atoms with E-state index in [4.69, 9.17) is 11.6 Å². The van der Waals surface area contributed by atoms with Crippen molar-refractivity contribution in [2.45, 2.75) is 44.7 Å². The summed E-state index contributed by atoms with van der Waals surface area (Å²) in [7, 11) is 1.50. The van der Waals surface area contributed by atoms with Crippen molar-refractivity contribution in [3.05, 3.63) is 88.5 Å². The van der Waals surface area contributed by atoms with Crippen LogP contribution in [0.15, 0.2) is 73.1 Å². The molecule has 0 atom stereocenters. The zero-order chi connectivity index (χ0) is 23.9. The third-order valence-electron chi connectivity index (χ3n) is 6.30. The van der Waals surface area contributed by atoms with Crippen LogP contribution in [-0.4, -0.2) is 28.9 Å². The van der Waals surface area contributed by atoms with Crippen LogP contribution in [-0.2, 0) is 6.54 Å². The summed E-state index contributed by atoms with van der Waals surface area (Å²) in [6.07, 6.45) is 9.32. The molecular weight excluding hydrogens is 462 g/mol. The molecule has 2 aromatic carbocycles. The Hall–Kier alpha value is -2.73. The third kappa shape index (κ3) is 5.33. The molecule has 6 heteroatoms. The molecule has 2 aromatic heterocycles. The summed E-state index contributed by atoms with van der Waals surface area (Å²) in [6.45, 7) is 0.590. The minimum absolute atomic E-state index is 0.0532. The average molecular weight is 492 g/mol. The number of rotatable bonds is 5. The predicted molar refractivity (Wildman–Crippen MR) is 143 cm³/mol. The number of carbonyl (C=O) groups is 1. The Labute approximate surface area is 210 Å². The van der Waals surface area contributed by atoms with E-state index in [0.717, 1.165) is 39.6 Å². The van der Waals surface area contributed by atoms with Gasteiger partial charge >= 0.3 is 0 Å². The number of carbonyl (C=O) groups excluding carboxylic acids is 1. The van der Waals surface area contributed by atoms with Crippen molar-refractivity contribution in [2.75, 3.05) is 7.05 Å². The van der Waals surface area contributed by atoms with E-state index < -0.39 is 0 Å². The van der Waals surface area contributed by atoms with Gasteiger partial charge in [0.15, 0.2) is 0 Å². The van der Waals surface area contributed by atoms with Crippen LogP contribution in [0, 0.1) is 0 Å². The zero-order valence-corrected chi connectivity index (χ0v) is 21.0. The number of thiophene rings is 1. The summed E-state index contributed by atoms with van der Waals surface area (Å²) in [5.41, 5.74) is 7.90. The average Bonchev–Trinajstić information content (AvgIpc) is 3.26. The highest BCUT2D eigenvalue weighted by Gasteiger charge is 2.29. The topological polar surface area (TPSA) is 59.2 Å². The highest BCUT2D eigenvalue weighted by molar-refractivity contribution is 7.21. The molecule has 4 aromatic rings. The molecule has 5 rings (SSSR count). The van der Waals surface area contributed by atoms with Crippen LogP contribution in [0.2, 0.25) is 5.02 Å². The van der Waals surface area contributed by atoms with E-state index in [1.807, 2.05) is 48.8 Å². The number of nitrogens with zero attached hydrogens (tertiary/aromatic N) is 2. The van der Waals surface area contributed by atoms with Crippen LogP contribution >= 0.6 is 22.9 Å². The second-order valence-corrected chi connectivity index (χ2v) is 9.83. The fourth-order valence-corrected chi connectivity index (χ4v) is 6.10. The Bertz CT molecular complexity index is 1230. The maximum atomic E-state index is 13.8. The number of fused-ring (bicyclic) bond motifs is 1. The van der Waals surface area contributed by atoms with Crippen LogP contribution in [0.5, 0.6) is 0 Å². The third-order valence-corrected chi connectivity index (χ3v) is 7.96. The van der Waals surface area contributed by atoms with E-state index in [1.165, 1.54) is 37.6 Å². The van der Waals surface area contributed by atoms with Crippen LogP contribution in [0.4, 0.5) is 0 Å². The number of halogens is 1. The van der Waals surface area contributed by atoms with E-state index in [2.05, 4.69) is 39.9 Å². The highest BCUT2D eigenvalue weighted by atomic mass is 35.5. The Kier molecular flexibility index (Phi) is 8.33. The molecule has 1 amide bonds. The van der Waals surface area contributed by atoms with Crippen molar-refractivity contribution < 1.29 is 4.79 Å². The molecule has 1 saturated carbocycles. The van der Waals surface area contributed by atoms with Gasteiger partial charge in [-0.2, -0.15) is 0 Å². The molecule has 0 radical (unpaired) electrons. The van der Waals surface area contributed by atoms with Gasteiger partial charge in [0, 0.05) is 35.1 Å². The van der Waals surface area contributed by atoms with E-state index in [9.17, 15) is 4.79 Å². The number of aromatic nitrogens is 1. The minimum Gasteiger partial charge on any atom is -0.333 e. The van der Waals surface area contributed by atoms with Crippen molar-refractivity contribution in [1.29, 1.82) is 0 Å². The molecule has 2 heterocycles. The number of pyridine rings is 1. The summed E-state index contributed by atoms with van der Waals surface area (Å²) in [6, 6.07) is 20.7. The summed E-state index contributed by atoms with van der Waals surface area (Å²) in [5.74, 6) is 0.0532. The van der Waals surface area contributed by atoms with Gasteiger partial charge in [0.05, 0.1) is 5.02 Å². The van der Waals surface area contributed by atoms with Gasteiger partial charge in [-0.05, 0) is 60.8 Å². The molecule has 176 valence electrons. The normalized spacial score (nSPS) is 13.9. The maximum absolute atomic E-state index is 13.8. The molecule has 0 aliphatic heterocycles. The first-order valence-electron chi connectivity index (χ1n) is 11.8. The first-order chi connectivity index (χ1) is 16.7. The highest BCUT2D eigenvalue weighted by Crippen LogP contribution is 2.37. The fourth-order valence-electron chi connectivity index (χ4n) is 4.63. The SMILES string of the molecule is CN.O=C(c1sc2ccccc2c1Cl)N(Cc1cccc(-c2ccncc2)c1)C1CCCCC1. The molecule has 4 nitrogen and oxygen atoms in total. The van der Waals surface area contributed by atoms with Crippen LogP contribution in [0.25, 0.3) is 21.2 Å². The van der Waals surface area contributed by atoms with Crippen molar-refractivity contribution >= 4 is 38.9 Å². The Balaban J connectivity index is 0.00000133. The van der Waals surface area contributed by atoms with E-state index in [-0.39, 0.29) is 11.9 Å². The lowest BCUT2D eigenvalue weighted by Gasteiger charge is -2.34. The lowest BCUT2D eigenvalue weighted by molar-refractivity contribution is 0.0619. The number of nitrogens with two attached hydrogens (primary N) is 1. The largest absolute Gasteiger partial charge is 0.333 e. The number of hydrogen-bond donors (Lipinski definition) is 1. The van der Waals surface area contributed by atoms with Gasteiger partial charge in [0.25, 0.3) is 5.91 Å². The maximum Gasteiger partial charge on any atom is 0.266 e. The molecule has 0 spiro atoms. The molecule has 0 saturated heterocycles. The number of amides is 1. The minimum atomic E-state index is 0.0532. The van der Waals surface area contributed by atoms with Gasteiger partial charge < -0.3 is 10.6 Å². The van der Waals surface area contributed by atoms with Gasteiger partial charge in [0.2, 0.25) is 0 Å². The standard InChI is InChI=1S/C27H25ClN2OS.CH5N/c28-25-23-11-4-5-12-24(23)32-26(25)27(31)30(22-9-2-1-3-10-22)18-19-7-6-8-21(17-19)20-13-15-29-16-14-20;1-2/h4-8,11-17,22H,1-3,9-10,18H2;2H2,1H3. The van der Waals surface area contributed by atoms with Gasteiger partial charge in [0.1, 0.15) is 4.88 Å². The first-order valence-corrected chi connectivity index (χ1v) is 13.0. The van der Waals surface area contributed by atoms with Gasteiger partial charge in [-0.15, -0.1) is 11.3 Å². The Morgan fingerprint density at radius 1 is 1.00 bits per heavy atom. The molecule has 0 bridgehead atoms. The molecule has 0 unspecified atom stereocenters. The molecule has 2 N–H and O–H groups in total. The van der Waals surface area contributed by atoms with Crippen molar-refractivity contribution in [3.8, 4) is 11.1 Å². The van der Waals surface area contributed by atoms with Gasteiger partial charge in [-0.1, -0.05) is 67.3 Å².